The van der Waals surface area contributed by atoms with E-state index in [0.717, 1.165) is 28.2 Å². The number of benzene rings is 1. The zero-order valence-corrected chi connectivity index (χ0v) is 14.5. The van der Waals surface area contributed by atoms with E-state index in [1.807, 2.05) is 13.0 Å². The first-order valence-corrected chi connectivity index (χ1v) is 8.64. The van der Waals surface area contributed by atoms with E-state index < -0.39 is 4.92 Å². The number of nitrogens with one attached hydrogen (secondary N) is 1. The fraction of sp³-hybridized carbons (Fsp3) is 0.0667. The summed E-state index contributed by atoms with van der Waals surface area (Å²) in [6.45, 7) is 1.91. The molecule has 2 heterocycles. The molecular formula is C15H11N5O3S2. The number of carbonyl (C=O) groups is 1. The predicted octanol–water partition coefficient (Wildman–Crippen LogP) is 3.82. The highest BCUT2D eigenvalue weighted by Crippen LogP contribution is 2.26. The van der Waals surface area contributed by atoms with Gasteiger partial charge in [-0.05, 0) is 25.1 Å². The smallest absolute Gasteiger partial charge is 0.296 e. The maximum absolute atomic E-state index is 12.1. The van der Waals surface area contributed by atoms with E-state index in [-0.39, 0.29) is 10.9 Å². The molecule has 25 heavy (non-hydrogen) atoms. The summed E-state index contributed by atoms with van der Waals surface area (Å²) in [6, 6.07) is 10.2. The molecule has 0 aliphatic rings. The molecular weight excluding hydrogens is 362 g/mol. The van der Waals surface area contributed by atoms with E-state index >= 15 is 0 Å². The largest absolute Gasteiger partial charge is 0.324 e. The maximum Gasteiger partial charge on any atom is 0.324 e. The van der Waals surface area contributed by atoms with Crippen LogP contribution in [0.5, 0.6) is 0 Å². The number of anilines is 1. The highest BCUT2D eigenvalue weighted by Gasteiger charge is 2.11. The summed E-state index contributed by atoms with van der Waals surface area (Å²) < 4.78 is 0. The molecule has 3 aromatic rings. The molecule has 0 saturated heterocycles. The Morgan fingerprint density at radius 2 is 2.12 bits per heavy atom. The van der Waals surface area contributed by atoms with Crippen LogP contribution in [0.1, 0.15) is 20.8 Å². The third-order valence-electron chi connectivity index (χ3n) is 3.01. The number of nitrogens with zero attached hydrogens (tertiary/aromatic N) is 4. The van der Waals surface area contributed by atoms with Crippen molar-refractivity contribution >= 4 is 50.1 Å². The van der Waals surface area contributed by atoms with Crippen molar-refractivity contribution in [3.8, 4) is 0 Å². The van der Waals surface area contributed by atoms with Crippen LogP contribution in [0, 0.1) is 17.0 Å². The van der Waals surface area contributed by atoms with Gasteiger partial charge in [0, 0.05) is 17.8 Å². The average molecular weight is 373 g/mol. The van der Waals surface area contributed by atoms with Crippen molar-refractivity contribution in [1.82, 2.24) is 10.2 Å². The Labute approximate surface area is 150 Å². The number of hydrogen-bond donors (Lipinski definition) is 1. The highest BCUT2D eigenvalue weighted by atomic mass is 32.1. The first-order chi connectivity index (χ1) is 12.0. The van der Waals surface area contributed by atoms with Gasteiger partial charge < -0.3 is 0 Å². The minimum atomic E-state index is -0.452. The Morgan fingerprint density at radius 1 is 1.28 bits per heavy atom. The average Bonchev–Trinajstić information content (AvgIpc) is 3.22. The minimum absolute atomic E-state index is 0.0461. The number of nitro groups is 1. The number of aromatic nitrogens is 2. The van der Waals surface area contributed by atoms with Crippen LogP contribution >= 0.6 is 22.7 Å². The van der Waals surface area contributed by atoms with Gasteiger partial charge in [0.1, 0.15) is 0 Å². The third kappa shape index (κ3) is 4.31. The molecule has 3 rings (SSSR count). The predicted molar refractivity (Wildman–Crippen MR) is 97.3 cm³/mol. The van der Waals surface area contributed by atoms with Crippen LogP contribution in [-0.2, 0) is 0 Å². The molecule has 0 saturated carbocycles. The number of aryl methyl sites for hydroxylation is 1. The van der Waals surface area contributed by atoms with Gasteiger partial charge in [0.2, 0.25) is 10.3 Å². The lowest BCUT2D eigenvalue weighted by molar-refractivity contribution is -0.380. The molecule has 0 fully saturated rings. The molecule has 0 bridgehead atoms. The van der Waals surface area contributed by atoms with Gasteiger partial charge in [-0.3, -0.25) is 20.2 Å². The third-order valence-corrected chi connectivity index (χ3v) is 4.73. The summed E-state index contributed by atoms with van der Waals surface area (Å²) >= 11 is 2.13. The molecule has 0 aliphatic heterocycles. The Kier molecular flexibility index (Phi) is 4.91. The van der Waals surface area contributed by atoms with Crippen molar-refractivity contribution in [3.05, 3.63) is 62.5 Å². The van der Waals surface area contributed by atoms with E-state index in [2.05, 4.69) is 20.5 Å². The lowest BCUT2D eigenvalue weighted by Crippen LogP contribution is -2.11. The quantitative estimate of drug-likeness (QED) is 0.415. The van der Waals surface area contributed by atoms with Gasteiger partial charge in [-0.25, -0.2) is 4.99 Å². The fourth-order valence-electron chi connectivity index (χ4n) is 1.90. The summed E-state index contributed by atoms with van der Waals surface area (Å²) in [5, 5.41) is 21.8. The van der Waals surface area contributed by atoms with Crippen molar-refractivity contribution in [2.75, 3.05) is 5.32 Å². The molecule has 126 valence electrons. The van der Waals surface area contributed by atoms with Gasteiger partial charge in [0.05, 0.1) is 9.80 Å². The van der Waals surface area contributed by atoms with Crippen molar-refractivity contribution < 1.29 is 9.72 Å². The monoisotopic (exact) mass is 373 g/mol. The van der Waals surface area contributed by atoms with Crippen LogP contribution in [0.4, 0.5) is 15.3 Å². The summed E-state index contributed by atoms with van der Waals surface area (Å²) in [4.78, 5) is 27.1. The number of thiophene rings is 1. The summed E-state index contributed by atoms with van der Waals surface area (Å²) in [7, 11) is 0. The van der Waals surface area contributed by atoms with Crippen molar-refractivity contribution in [2.24, 2.45) is 4.99 Å². The van der Waals surface area contributed by atoms with E-state index in [4.69, 9.17) is 0 Å². The first-order valence-electron chi connectivity index (χ1n) is 7.01. The zero-order valence-electron chi connectivity index (χ0n) is 12.9. The molecule has 0 spiro atoms. The molecule has 1 N–H and O–H groups in total. The summed E-state index contributed by atoms with van der Waals surface area (Å²) in [5.74, 6) is -0.274. The number of hydrogen-bond acceptors (Lipinski definition) is 8. The molecule has 0 radical (unpaired) electrons. The second-order valence-corrected chi connectivity index (χ2v) is 6.95. The Balaban J connectivity index is 1.66. The van der Waals surface area contributed by atoms with Gasteiger partial charge >= 0.3 is 5.00 Å². The van der Waals surface area contributed by atoms with Gasteiger partial charge in [-0.15, -0.1) is 10.2 Å². The molecule has 0 atom stereocenters. The standard InChI is InChI=1S/C15H11N5O3S2/c1-9-3-2-4-10(7-9)13(21)17-15-19-18-14(25-15)16-8-11-5-6-12(24-11)20(22)23/h2-8H,1H3,(H,17,19,21)/b16-8+. The van der Waals surface area contributed by atoms with E-state index in [1.54, 1.807) is 24.3 Å². The second-order valence-electron chi connectivity index (χ2n) is 4.90. The van der Waals surface area contributed by atoms with Crippen molar-refractivity contribution in [3.63, 3.8) is 0 Å². The summed E-state index contributed by atoms with van der Waals surface area (Å²) in [6.07, 6.45) is 1.48. The van der Waals surface area contributed by atoms with Crippen LogP contribution in [0.2, 0.25) is 0 Å². The molecule has 2 aromatic heterocycles. The summed E-state index contributed by atoms with van der Waals surface area (Å²) in [5.41, 5.74) is 1.52. The van der Waals surface area contributed by atoms with Crippen LogP contribution < -0.4 is 5.32 Å². The molecule has 10 heteroatoms. The molecule has 0 aliphatic carbocycles. The minimum Gasteiger partial charge on any atom is -0.296 e. The maximum atomic E-state index is 12.1. The number of aliphatic imine (C=N–C) groups is 1. The van der Waals surface area contributed by atoms with Crippen LogP contribution in [0.15, 0.2) is 41.4 Å². The normalized spacial score (nSPS) is 10.9. The van der Waals surface area contributed by atoms with Crippen LogP contribution in [0.25, 0.3) is 0 Å². The zero-order chi connectivity index (χ0) is 17.8. The Hall–Kier alpha value is -2.98. The van der Waals surface area contributed by atoms with Crippen molar-refractivity contribution in [1.29, 1.82) is 0 Å². The molecule has 0 unspecified atom stereocenters. The van der Waals surface area contributed by atoms with E-state index in [1.165, 1.54) is 12.3 Å². The van der Waals surface area contributed by atoms with Gasteiger partial charge in [0.25, 0.3) is 5.91 Å². The van der Waals surface area contributed by atoms with Crippen LogP contribution in [0.3, 0.4) is 0 Å². The molecule has 1 amide bonds. The van der Waals surface area contributed by atoms with E-state index in [9.17, 15) is 14.9 Å². The first kappa shape index (κ1) is 16.9. The molecule has 8 nitrogen and oxygen atoms in total. The van der Waals surface area contributed by atoms with Gasteiger partial charge in [-0.2, -0.15) is 0 Å². The Bertz CT molecular complexity index is 963. The Morgan fingerprint density at radius 3 is 2.84 bits per heavy atom. The van der Waals surface area contributed by atoms with Crippen LogP contribution in [-0.4, -0.2) is 27.2 Å². The topological polar surface area (TPSA) is 110 Å². The number of amides is 1. The SMILES string of the molecule is Cc1cccc(C(=O)Nc2nnc(/N=C/c3ccc([N+](=O)[O-])s3)s2)c1. The van der Waals surface area contributed by atoms with Crippen molar-refractivity contribution in [2.45, 2.75) is 6.92 Å². The van der Waals surface area contributed by atoms with Gasteiger partial charge in [0.15, 0.2) is 0 Å². The van der Waals surface area contributed by atoms with E-state index in [0.29, 0.717) is 20.7 Å². The molecule has 1 aromatic carbocycles. The highest BCUT2D eigenvalue weighted by molar-refractivity contribution is 7.19. The lowest BCUT2D eigenvalue weighted by atomic mass is 10.1. The lowest BCUT2D eigenvalue weighted by Gasteiger charge is -2.01. The second kappa shape index (κ2) is 7.28. The fourth-order valence-corrected chi connectivity index (χ4v) is 3.18. The number of carbonyl (C=O) groups excluding carboxylic acids is 1. The van der Waals surface area contributed by atoms with Gasteiger partial charge in [-0.1, -0.05) is 40.4 Å². The number of rotatable bonds is 5.